The highest BCUT2D eigenvalue weighted by atomic mass is 32.2. The van der Waals surface area contributed by atoms with Gasteiger partial charge >= 0.3 is 0 Å². The molecule has 0 nitrogen and oxygen atoms in total. The van der Waals surface area contributed by atoms with Crippen LogP contribution in [0, 0.1) is 5.92 Å². The van der Waals surface area contributed by atoms with E-state index in [0.717, 1.165) is 5.92 Å². The molecule has 0 aliphatic carbocycles. The van der Waals surface area contributed by atoms with Crippen molar-refractivity contribution in [3.8, 4) is 0 Å². The molecule has 0 N–H and O–H groups in total. The summed E-state index contributed by atoms with van der Waals surface area (Å²) in [6.45, 7) is 4.43. The molecule has 0 amide bonds. The van der Waals surface area contributed by atoms with Gasteiger partial charge in [0, 0.05) is 0 Å². The fourth-order valence-electron chi connectivity index (χ4n) is 0.306. The number of hydrogen-bond donors (Lipinski definition) is 0. The van der Waals surface area contributed by atoms with Crippen molar-refractivity contribution >= 4 is 11.8 Å². The molecule has 1 aliphatic rings. The summed E-state index contributed by atoms with van der Waals surface area (Å²) in [5.41, 5.74) is 0. The molecule has 0 bridgehead atoms. The summed E-state index contributed by atoms with van der Waals surface area (Å²) < 4.78 is 0. The molecule has 0 saturated carbocycles. The maximum absolute atomic E-state index is 2.21. The fourth-order valence-corrected chi connectivity index (χ4v) is 0.919. The van der Waals surface area contributed by atoms with Gasteiger partial charge < -0.3 is 0 Å². The molecule has 0 spiro atoms. The zero-order valence-electron chi connectivity index (χ0n) is 4.06. The summed E-state index contributed by atoms with van der Waals surface area (Å²) in [7, 11) is 0. The predicted octanol–water partition coefficient (Wildman–Crippen LogP) is 2.23. The Labute approximate surface area is 42.6 Å². The highest BCUT2D eigenvalue weighted by Crippen LogP contribution is 2.39. The molecule has 34 valence electrons. The van der Waals surface area contributed by atoms with E-state index >= 15 is 0 Å². The summed E-state index contributed by atoms with van der Waals surface area (Å²) in [6.07, 6.45) is 0. The van der Waals surface area contributed by atoms with E-state index in [1.807, 2.05) is 11.8 Å². The third-order valence-electron chi connectivity index (χ3n) is 0.823. The first-order chi connectivity index (χ1) is 2.80. The first kappa shape index (κ1) is 4.25. The van der Waals surface area contributed by atoms with Gasteiger partial charge in [-0.25, -0.2) is 0 Å². The Morgan fingerprint density at radius 1 is 1.67 bits per heavy atom. The lowest BCUT2D eigenvalue weighted by Gasteiger charge is -1.88. The molecule has 0 atom stereocenters. The Balaban J connectivity index is 2.31. The molecular weight excluding hydrogens is 92.1 g/mol. The molecule has 0 aromatic carbocycles. The molecule has 0 radical (unpaired) electrons. The molecule has 0 aromatic heterocycles. The summed E-state index contributed by atoms with van der Waals surface area (Å²) in [5, 5.41) is 2.20. The summed E-state index contributed by atoms with van der Waals surface area (Å²) in [5.74, 6) is 0.787. The van der Waals surface area contributed by atoms with E-state index in [9.17, 15) is 0 Å². The summed E-state index contributed by atoms with van der Waals surface area (Å²) in [6, 6.07) is 0. The summed E-state index contributed by atoms with van der Waals surface area (Å²) in [4.78, 5) is 1.55. The van der Waals surface area contributed by atoms with Gasteiger partial charge in [0.25, 0.3) is 0 Å². The first-order valence-corrected chi connectivity index (χ1v) is 3.05. The molecular formula is C5H8S. The zero-order valence-corrected chi connectivity index (χ0v) is 4.88. The quantitative estimate of drug-likeness (QED) is 0.487. The topological polar surface area (TPSA) is 0 Å². The van der Waals surface area contributed by atoms with Crippen LogP contribution in [0.5, 0.6) is 0 Å². The van der Waals surface area contributed by atoms with Gasteiger partial charge in [0.2, 0.25) is 0 Å². The number of thioether (sulfide) groups is 1. The van der Waals surface area contributed by atoms with Gasteiger partial charge in [-0.05, 0) is 16.2 Å². The fraction of sp³-hybridized carbons (Fsp3) is 0.600. The van der Waals surface area contributed by atoms with Crippen LogP contribution in [0.4, 0.5) is 0 Å². The van der Waals surface area contributed by atoms with E-state index in [2.05, 4.69) is 19.3 Å². The molecule has 6 heavy (non-hydrogen) atoms. The Morgan fingerprint density at radius 2 is 2.17 bits per heavy atom. The minimum Gasteiger partial charge on any atom is -0.101 e. The lowest BCUT2D eigenvalue weighted by atomic mass is 10.2. The molecule has 0 saturated heterocycles. The van der Waals surface area contributed by atoms with Gasteiger partial charge in [-0.1, -0.05) is 13.8 Å². The molecule has 0 fully saturated rings. The minimum absolute atomic E-state index is 0.787. The molecule has 1 aliphatic heterocycles. The zero-order chi connectivity index (χ0) is 4.57. The van der Waals surface area contributed by atoms with E-state index in [1.54, 1.807) is 4.91 Å². The monoisotopic (exact) mass is 100 g/mol. The molecule has 1 rings (SSSR count). The van der Waals surface area contributed by atoms with Crippen LogP contribution >= 0.6 is 11.8 Å². The standard InChI is InChI=1S/C5H8S/c1-4(2)5-3-6-5/h3-4H,1-2H3. The maximum atomic E-state index is 2.21. The number of rotatable bonds is 1. The average molecular weight is 100 g/mol. The van der Waals surface area contributed by atoms with Crippen LogP contribution in [-0.2, 0) is 0 Å². The second-order valence-corrected chi connectivity index (χ2v) is 2.74. The van der Waals surface area contributed by atoms with E-state index < -0.39 is 0 Å². The lowest BCUT2D eigenvalue weighted by Crippen LogP contribution is -1.75. The average Bonchev–Trinajstić information content (AvgIpc) is 2.06. The maximum Gasteiger partial charge on any atom is -0.00162 e. The van der Waals surface area contributed by atoms with Crippen LogP contribution in [0.25, 0.3) is 0 Å². The van der Waals surface area contributed by atoms with Crippen molar-refractivity contribution in [3.63, 3.8) is 0 Å². The van der Waals surface area contributed by atoms with E-state index in [0.29, 0.717) is 0 Å². The normalized spacial score (nSPS) is 18.2. The van der Waals surface area contributed by atoms with E-state index in [4.69, 9.17) is 0 Å². The first-order valence-electron chi connectivity index (χ1n) is 2.17. The van der Waals surface area contributed by atoms with Crippen molar-refractivity contribution in [2.24, 2.45) is 5.92 Å². The molecule has 1 heterocycles. The van der Waals surface area contributed by atoms with Crippen molar-refractivity contribution in [1.82, 2.24) is 0 Å². The highest BCUT2D eigenvalue weighted by molar-refractivity contribution is 8.12. The van der Waals surface area contributed by atoms with Crippen molar-refractivity contribution in [2.45, 2.75) is 13.8 Å². The van der Waals surface area contributed by atoms with Crippen LogP contribution < -0.4 is 0 Å². The Morgan fingerprint density at radius 3 is 2.17 bits per heavy atom. The Hall–Kier alpha value is 0.0900. The van der Waals surface area contributed by atoms with Gasteiger partial charge in [-0.3, -0.25) is 0 Å². The Kier molecular flexibility index (Phi) is 0.922. The molecule has 1 heteroatoms. The van der Waals surface area contributed by atoms with Crippen LogP contribution in [0.1, 0.15) is 13.8 Å². The van der Waals surface area contributed by atoms with Gasteiger partial charge in [-0.2, -0.15) is 0 Å². The number of allylic oxidation sites excluding steroid dienone is 1. The minimum atomic E-state index is 0.787. The van der Waals surface area contributed by atoms with Gasteiger partial charge in [0.1, 0.15) is 0 Å². The largest absolute Gasteiger partial charge is 0.101 e. The summed E-state index contributed by atoms with van der Waals surface area (Å²) >= 11 is 1.87. The second-order valence-electron chi connectivity index (χ2n) is 1.79. The van der Waals surface area contributed by atoms with Crippen LogP contribution in [0.2, 0.25) is 0 Å². The molecule has 0 aromatic rings. The predicted molar refractivity (Wildman–Crippen MR) is 30.5 cm³/mol. The van der Waals surface area contributed by atoms with E-state index in [-0.39, 0.29) is 0 Å². The highest BCUT2D eigenvalue weighted by Gasteiger charge is 2.10. The smallest absolute Gasteiger partial charge is 0.00162 e. The van der Waals surface area contributed by atoms with Crippen molar-refractivity contribution in [1.29, 1.82) is 0 Å². The van der Waals surface area contributed by atoms with Crippen molar-refractivity contribution in [2.75, 3.05) is 0 Å². The van der Waals surface area contributed by atoms with Crippen LogP contribution in [0.3, 0.4) is 0 Å². The van der Waals surface area contributed by atoms with Gasteiger partial charge in [-0.15, -0.1) is 11.8 Å². The van der Waals surface area contributed by atoms with Gasteiger partial charge in [0.15, 0.2) is 0 Å². The van der Waals surface area contributed by atoms with Crippen LogP contribution in [0.15, 0.2) is 10.3 Å². The van der Waals surface area contributed by atoms with E-state index in [1.165, 1.54) is 0 Å². The van der Waals surface area contributed by atoms with Crippen molar-refractivity contribution < 1.29 is 0 Å². The third kappa shape index (κ3) is 0.777. The lowest BCUT2D eigenvalue weighted by molar-refractivity contribution is 0.827. The van der Waals surface area contributed by atoms with Gasteiger partial charge in [0.05, 0.1) is 0 Å². The second kappa shape index (κ2) is 1.30. The third-order valence-corrected chi connectivity index (χ3v) is 1.80. The SMILES string of the molecule is CC(C)C1=CS1. The number of hydrogen-bond acceptors (Lipinski definition) is 1. The molecule has 0 unspecified atom stereocenters. The van der Waals surface area contributed by atoms with Crippen molar-refractivity contribution in [3.05, 3.63) is 10.3 Å². The Bertz CT molecular complexity index is 81.9. The van der Waals surface area contributed by atoms with Crippen LogP contribution in [-0.4, -0.2) is 0 Å².